The van der Waals surface area contributed by atoms with Crippen molar-refractivity contribution >= 4 is 29.2 Å². The third-order valence-electron chi connectivity index (χ3n) is 4.39. The molecule has 0 radical (unpaired) electrons. The molecule has 0 spiro atoms. The minimum Gasteiger partial charge on any atom is -0.495 e. The number of amides is 4. The first-order chi connectivity index (χ1) is 12.9. The van der Waals surface area contributed by atoms with E-state index in [1.165, 1.54) is 14.0 Å². The molecule has 9 heteroatoms. The van der Waals surface area contributed by atoms with Gasteiger partial charge in [-0.15, -0.1) is 0 Å². The van der Waals surface area contributed by atoms with Crippen molar-refractivity contribution in [1.29, 1.82) is 0 Å². The number of nitrogens with zero attached hydrogens (tertiary/aromatic N) is 1. The molecule has 1 aliphatic heterocycles. The normalized spacial score (nSPS) is 17.0. The van der Waals surface area contributed by atoms with Crippen LogP contribution in [0.1, 0.15) is 19.8 Å². The lowest BCUT2D eigenvalue weighted by atomic mass is 9.97. The van der Waals surface area contributed by atoms with Crippen LogP contribution < -0.4 is 26.4 Å². The predicted octanol–water partition coefficient (Wildman–Crippen LogP) is 0.972. The van der Waals surface area contributed by atoms with E-state index in [4.69, 9.17) is 10.5 Å². The molecule has 0 saturated carbocycles. The molecule has 1 unspecified atom stereocenters. The molecule has 1 aromatic rings. The van der Waals surface area contributed by atoms with Gasteiger partial charge in [0.25, 0.3) is 0 Å². The van der Waals surface area contributed by atoms with E-state index in [0.717, 1.165) is 19.4 Å². The number of hydrogen-bond donors (Lipinski definition) is 4. The maximum absolute atomic E-state index is 12.2. The molecule has 0 aromatic heterocycles. The average molecular weight is 377 g/mol. The van der Waals surface area contributed by atoms with Crippen LogP contribution in [0.3, 0.4) is 0 Å². The van der Waals surface area contributed by atoms with Gasteiger partial charge in [-0.25, -0.2) is 4.79 Å². The summed E-state index contributed by atoms with van der Waals surface area (Å²) in [6, 6.07) is 4.60. The number of anilines is 2. The van der Waals surface area contributed by atoms with Gasteiger partial charge in [-0.1, -0.05) is 0 Å². The van der Waals surface area contributed by atoms with Crippen LogP contribution in [0.4, 0.5) is 16.2 Å². The molecule has 27 heavy (non-hydrogen) atoms. The van der Waals surface area contributed by atoms with Crippen LogP contribution in [0.15, 0.2) is 18.2 Å². The van der Waals surface area contributed by atoms with Gasteiger partial charge >= 0.3 is 6.03 Å². The summed E-state index contributed by atoms with van der Waals surface area (Å²) in [7, 11) is 1.50. The van der Waals surface area contributed by atoms with Crippen LogP contribution >= 0.6 is 0 Å². The first-order valence-electron chi connectivity index (χ1n) is 8.91. The molecule has 1 aliphatic rings. The number of urea groups is 1. The fraction of sp³-hybridized carbons (Fsp3) is 0.500. The number of piperidine rings is 1. The van der Waals surface area contributed by atoms with E-state index in [0.29, 0.717) is 36.8 Å². The van der Waals surface area contributed by atoms with Crippen LogP contribution in [0.25, 0.3) is 0 Å². The lowest BCUT2D eigenvalue weighted by molar-refractivity contribution is -0.123. The molecule has 1 fully saturated rings. The first-order valence-corrected chi connectivity index (χ1v) is 8.91. The fourth-order valence-electron chi connectivity index (χ4n) is 3.07. The Hall–Kier alpha value is -2.81. The summed E-state index contributed by atoms with van der Waals surface area (Å²) >= 11 is 0. The Kier molecular flexibility index (Phi) is 7.42. The van der Waals surface area contributed by atoms with Crippen LogP contribution in [-0.2, 0) is 9.59 Å². The third-order valence-corrected chi connectivity index (χ3v) is 4.39. The van der Waals surface area contributed by atoms with E-state index < -0.39 is 0 Å². The van der Waals surface area contributed by atoms with Gasteiger partial charge in [-0.3, -0.25) is 9.59 Å². The molecule has 1 atom stereocenters. The molecule has 4 amide bonds. The second-order valence-electron chi connectivity index (χ2n) is 6.52. The molecule has 0 aliphatic carbocycles. The van der Waals surface area contributed by atoms with Crippen molar-refractivity contribution in [3.63, 3.8) is 0 Å². The molecular formula is C18H27N5O4. The zero-order valence-electron chi connectivity index (χ0n) is 15.7. The zero-order chi connectivity index (χ0) is 19.8. The molecule has 1 aromatic carbocycles. The second-order valence-corrected chi connectivity index (χ2v) is 6.52. The number of nitrogens with two attached hydrogens (primary N) is 1. The van der Waals surface area contributed by atoms with E-state index in [1.807, 2.05) is 0 Å². The van der Waals surface area contributed by atoms with Gasteiger partial charge in [0.1, 0.15) is 5.75 Å². The zero-order valence-corrected chi connectivity index (χ0v) is 15.7. The van der Waals surface area contributed by atoms with Gasteiger partial charge in [0.15, 0.2) is 0 Å². The Morgan fingerprint density at radius 1 is 1.30 bits per heavy atom. The van der Waals surface area contributed by atoms with Crippen molar-refractivity contribution in [3.8, 4) is 5.75 Å². The van der Waals surface area contributed by atoms with Gasteiger partial charge in [-0.05, 0) is 37.6 Å². The molecule has 9 nitrogen and oxygen atoms in total. The number of benzene rings is 1. The monoisotopic (exact) mass is 377 g/mol. The lowest BCUT2D eigenvalue weighted by Gasteiger charge is -2.31. The Morgan fingerprint density at radius 2 is 2.07 bits per heavy atom. The minimum atomic E-state index is -0.378. The number of hydrogen-bond acceptors (Lipinski definition) is 5. The molecule has 148 valence electrons. The number of carbonyl (C=O) groups is 3. The van der Waals surface area contributed by atoms with Crippen LogP contribution in [0.5, 0.6) is 5.75 Å². The van der Waals surface area contributed by atoms with E-state index in [1.54, 1.807) is 18.2 Å². The smallest absolute Gasteiger partial charge is 0.319 e. The number of carbonyl (C=O) groups excluding carboxylic acids is 3. The predicted molar refractivity (Wildman–Crippen MR) is 103 cm³/mol. The Morgan fingerprint density at radius 3 is 2.74 bits per heavy atom. The maximum Gasteiger partial charge on any atom is 0.319 e. The summed E-state index contributed by atoms with van der Waals surface area (Å²) in [6.45, 7) is 4.00. The van der Waals surface area contributed by atoms with E-state index in [2.05, 4.69) is 20.9 Å². The number of rotatable bonds is 7. The van der Waals surface area contributed by atoms with Crippen LogP contribution in [-0.4, -0.2) is 56.0 Å². The minimum absolute atomic E-state index is 0.117. The average Bonchev–Trinajstić information content (AvgIpc) is 2.61. The number of methoxy groups -OCH3 is 1. The van der Waals surface area contributed by atoms with Crippen molar-refractivity contribution in [1.82, 2.24) is 10.2 Å². The van der Waals surface area contributed by atoms with Crippen molar-refractivity contribution in [2.24, 2.45) is 11.7 Å². The molecule has 0 bridgehead atoms. The quantitative estimate of drug-likeness (QED) is 0.563. The highest BCUT2D eigenvalue weighted by atomic mass is 16.5. The van der Waals surface area contributed by atoms with Crippen LogP contribution in [0.2, 0.25) is 0 Å². The van der Waals surface area contributed by atoms with Crippen molar-refractivity contribution < 1.29 is 19.1 Å². The van der Waals surface area contributed by atoms with Gasteiger partial charge in [0, 0.05) is 32.2 Å². The van der Waals surface area contributed by atoms with E-state index in [-0.39, 0.29) is 23.8 Å². The standard InChI is InChI=1S/C18H27N5O4/c1-12(24)21-14-5-6-16(27-2)15(10-14)22-18(26)20-7-9-23-8-3-4-13(11-23)17(19)25/h5-6,10,13H,3-4,7-9,11H2,1-2H3,(H2,19,25)(H,21,24)(H2,20,22,26). The first kappa shape index (κ1) is 20.5. The number of primary amides is 1. The summed E-state index contributed by atoms with van der Waals surface area (Å²) in [5.74, 6) is -0.101. The van der Waals surface area contributed by atoms with E-state index in [9.17, 15) is 14.4 Å². The molecule has 1 heterocycles. The maximum atomic E-state index is 12.2. The lowest BCUT2D eigenvalue weighted by Crippen LogP contribution is -2.44. The van der Waals surface area contributed by atoms with Gasteiger partial charge < -0.3 is 31.3 Å². The molecule has 5 N–H and O–H groups in total. The van der Waals surface area contributed by atoms with Crippen molar-refractivity contribution in [2.75, 3.05) is 43.9 Å². The summed E-state index contributed by atoms with van der Waals surface area (Å²) in [5.41, 5.74) is 6.39. The number of likely N-dealkylation sites (tertiary alicyclic amines) is 1. The van der Waals surface area contributed by atoms with Gasteiger partial charge in [0.05, 0.1) is 18.7 Å². The highest BCUT2D eigenvalue weighted by molar-refractivity contribution is 5.94. The SMILES string of the molecule is COc1ccc(NC(C)=O)cc1NC(=O)NCCN1CCCC(C(N)=O)C1. The number of nitrogens with one attached hydrogen (secondary N) is 3. The van der Waals surface area contributed by atoms with Crippen molar-refractivity contribution in [2.45, 2.75) is 19.8 Å². The Balaban J connectivity index is 1.84. The highest BCUT2D eigenvalue weighted by Crippen LogP contribution is 2.27. The Bertz CT molecular complexity index is 694. The molecular weight excluding hydrogens is 350 g/mol. The van der Waals surface area contributed by atoms with E-state index >= 15 is 0 Å². The van der Waals surface area contributed by atoms with Crippen molar-refractivity contribution in [3.05, 3.63) is 18.2 Å². The van der Waals surface area contributed by atoms with Gasteiger partial charge in [0.2, 0.25) is 11.8 Å². The third kappa shape index (κ3) is 6.45. The van der Waals surface area contributed by atoms with Gasteiger partial charge in [-0.2, -0.15) is 0 Å². The summed E-state index contributed by atoms with van der Waals surface area (Å²) in [4.78, 5) is 36.8. The topological polar surface area (TPSA) is 126 Å². The summed E-state index contributed by atoms with van der Waals surface area (Å²) in [5, 5.41) is 8.16. The molecule has 2 rings (SSSR count). The second kappa shape index (κ2) is 9.77. The number of ether oxygens (including phenoxy) is 1. The largest absolute Gasteiger partial charge is 0.495 e. The summed E-state index contributed by atoms with van der Waals surface area (Å²) < 4.78 is 5.23. The van der Waals surface area contributed by atoms with Crippen LogP contribution in [0, 0.1) is 5.92 Å². The Labute approximate surface area is 158 Å². The molecule has 1 saturated heterocycles. The fourth-order valence-corrected chi connectivity index (χ4v) is 3.07. The summed E-state index contributed by atoms with van der Waals surface area (Å²) in [6.07, 6.45) is 1.75. The highest BCUT2D eigenvalue weighted by Gasteiger charge is 2.23.